The normalized spacial score (nSPS) is 27.8. The van der Waals surface area contributed by atoms with Gasteiger partial charge in [0.1, 0.15) is 0 Å². The van der Waals surface area contributed by atoms with Crippen molar-refractivity contribution in [1.29, 1.82) is 0 Å². The van der Waals surface area contributed by atoms with Gasteiger partial charge in [-0.1, -0.05) is 30.7 Å². The van der Waals surface area contributed by atoms with Gasteiger partial charge in [0.25, 0.3) is 0 Å². The maximum atomic E-state index is 2.26. The maximum absolute atomic E-state index is 2.26. The van der Waals surface area contributed by atoms with Crippen molar-refractivity contribution in [3.63, 3.8) is 0 Å². The molecule has 0 fully saturated rings. The van der Waals surface area contributed by atoms with Crippen molar-refractivity contribution < 1.29 is 0 Å². The average Bonchev–Trinajstić information content (AvgIpc) is 1.77. The SMILES string of the molecule is CC1=CC=CC[C@H]1C. The van der Waals surface area contributed by atoms with E-state index in [-0.39, 0.29) is 0 Å². The van der Waals surface area contributed by atoms with E-state index in [1.165, 1.54) is 12.0 Å². The molecule has 44 valence electrons. The molecular formula is C8H12. The Labute approximate surface area is 50.9 Å². The first-order chi connectivity index (χ1) is 3.80. The molecule has 0 saturated heterocycles. The minimum atomic E-state index is 0.778. The van der Waals surface area contributed by atoms with Crippen LogP contribution in [0.5, 0.6) is 0 Å². The lowest BCUT2D eigenvalue weighted by atomic mass is 9.95. The molecule has 1 atom stereocenters. The van der Waals surface area contributed by atoms with Crippen LogP contribution < -0.4 is 0 Å². The third-order valence-electron chi connectivity index (χ3n) is 1.76. The van der Waals surface area contributed by atoms with E-state index in [2.05, 4.69) is 32.1 Å². The topological polar surface area (TPSA) is 0 Å². The predicted molar refractivity (Wildman–Crippen MR) is 36.7 cm³/mol. The predicted octanol–water partition coefficient (Wildman–Crippen LogP) is 2.53. The van der Waals surface area contributed by atoms with E-state index in [4.69, 9.17) is 0 Å². The molecule has 0 heteroatoms. The standard InChI is InChI=1S/C8H12/c1-7-5-3-4-6-8(7)2/h3-5,8H,6H2,1-2H3/t8-/m1/s1. The first kappa shape index (κ1) is 5.61. The zero-order valence-electron chi connectivity index (χ0n) is 5.52. The smallest absolute Gasteiger partial charge is 0.0197 e. The molecule has 0 aromatic carbocycles. The van der Waals surface area contributed by atoms with Crippen LogP contribution in [-0.2, 0) is 0 Å². The summed E-state index contributed by atoms with van der Waals surface area (Å²) in [6, 6.07) is 0. The largest absolute Gasteiger partial charge is 0.0840 e. The molecule has 8 heavy (non-hydrogen) atoms. The van der Waals surface area contributed by atoms with Crippen molar-refractivity contribution in [2.45, 2.75) is 20.3 Å². The third kappa shape index (κ3) is 1.00. The zero-order valence-corrected chi connectivity index (χ0v) is 5.52. The lowest BCUT2D eigenvalue weighted by molar-refractivity contribution is 0.687. The van der Waals surface area contributed by atoms with Crippen LogP contribution in [0, 0.1) is 5.92 Å². The van der Waals surface area contributed by atoms with Gasteiger partial charge < -0.3 is 0 Å². The molecule has 0 heterocycles. The second kappa shape index (κ2) is 2.17. The van der Waals surface area contributed by atoms with Crippen LogP contribution in [0.3, 0.4) is 0 Å². The van der Waals surface area contributed by atoms with Gasteiger partial charge in [-0.25, -0.2) is 0 Å². The summed E-state index contributed by atoms with van der Waals surface area (Å²) < 4.78 is 0. The molecular weight excluding hydrogens is 96.1 g/mol. The molecule has 0 nitrogen and oxygen atoms in total. The second-order valence-electron chi connectivity index (χ2n) is 2.48. The fourth-order valence-corrected chi connectivity index (χ4v) is 0.853. The van der Waals surface area contributed by atoms with E-state index in [0.717, 1.165) is 5.92 Å². The van der Waals surface area contributed by atoms with E-state index in [9.17, 15) is 0 Å². The van der Waals surface area contributed by atoms with Crippen LogP contribution >= 0.6 is 0 Å². The fraction of sp³-hybridized carbons (Fsp3) is 0.500. The Hall–Kier alpha value is -0.520. The third-order valence-corrected chi connectivity index (χ3v) is 1.76. The van der Waals surface area contributed by atoms with E-state index in [1.807, 2.05) is 0 Å². The van der Waals surface area contributed by atoms with E-state index < -0.39 is 0 Å². The molecule has 1 aliphatic rings. The Morgan fingerprint density at radius 2 is 2.38 bits per heavy atom. The first-order valence-corrected chi connectivity index (χ1v) is 3.14. The van der Waals surface area contributed by atoms with Crippen molar-refractivity contribution in [2.75, 3.05) is 0 Å². The molecule has 0 radical (unpaired) electrons. The zero-order chi connectivity index (χ0) is 5.98. The molecule has 0 spiro atoms. The summed E-state index contributed by atoms with van der Waals surface area (Å²) in [5, 5.41) is 0. The lowest BCUT2D eigenvalue weighted by Gasteiger charge is -2.11. The van der Waals surface area contributed by atoms with Crippen LogP contribution in [0.1, 0.15) is 20.3 Å². The molecule has 1 aliphatic carbocycles. The summed E-state index contributed by atoms with van der Waals surface area (Å²) in [6.07, 6.45) is 7.77. The van der Waals surface area contributed by atoms with E-state index in [1.54, 1.807) is 0 Å². The van der Waals surface area contributed by atoms with Crippen molar-refractivity contribution in [2.24, 2.45) is 5.92 Å². The summed E-state index contributed by atoms with van der Waals surface area (Å²) in [6.45, 7) is 4.45. The molecule has 0 N–H and O–H groups in total. The highest BCUT2D eigenvalue weighted by Gasteiger charge is 2.02. The van der Waals surface area contributed by atoms with Gasteiger partial charge >= 0.3 is 0 Å². The van der Waals surface area contributed by atoms with Crippen molar-refractivity contribution in [3.05, 3.63) is 23.8 Å². The van der Waals surface area contributed by atoms with Gasteiger partial charge in [0.15, 0.2) is 0 Å². The highest BCUT2D eigenvalue weighted by molar-refractivity contribution is 5.17. The van der Waals surface area contributed by atoms with Gasteiger partial charge in [-0.2, -0.15) is 0 Å². The Kier molecular flexibility index (Phi) is 1.52. The Morgan fingerprint density at radius 1 is 1.62 bits per heavy atom. The van der Waals surface area contributed by atoms with E-state index >= 15 is 0 Å². The monoisotopic (exact) mass is 108 g/mol. The highest BCUT2D eigenvalue weighted by atomic mass is 14.1. The summed E-state index contributed by atoms with van der Waals surface area (Å²) in [7, 11) is 0. The number of allylic oxidation sites excluding steroid dienone is 4. The van der Waals surface area contributed by atoms with Gasteiger partial charge in [-0.05, 0) is 19.3 Å². The maximum Gasteiger partial charge on any atom is -0.0197 e. The van der Waals surface area contributed by atoms with Crippen LogP contribution in [0.4, 0.5) is 0 Å². The van der Waals surface area contributed by atoms with Crippen LogP contribution in [0.2, 0.25) is 0 Å². The molecule has 0 aromatic rings. The summed E-state index contributed by atoms with van der Waals surface area (Å²) >= 11 is 0. The molecule has 0 saturated carbocycles. The fourth-order valence-electron chi connectivity index (χ4n) is 0.853. The van der Waals surface area contributed by atoms with Crippen LogP contribution in [0.25, 0.3) is 0 Å². The van der Waals surface area contributed by atoms with Gasteiger partial charge in [-0.15, -0.1) is 0 Å². The van der Waals surface area contributed by atoms with Gasteiger partial charge in [-0.3, -0.25) is 0 Å². The van der Waals surface area contributed by atoms with Crippen molar-refractivity contribution in [3.8, 4) is 0 Å². The quantitative estimate of drug-likeness (QED) is 0.447. The van der Waals surface area contributed by atoms with Crippen LogP contribution in [-0.4, -0.2) is 0 Å². The van der Waals surface area contributed by atoms with Crippen molar-refractivity contribution in [1.82, 2.24) is 0 Å². The summed E-state index contributed by atoms with van der Waals surface area (Å²) in [4.78, 5) is 0. The summed E-state index contributed by atoms with van der Waals surface area (Å²) in [5.74, 6) is 0.778. The Morgan fingerprint density at radius 3 is 2.75 bits per heavy atom. The molecule has 0 aliphatic heterocycles. The number of hydrogen-bond acceptors (Lipinski definition) is 0. The molecule has 1 rings (SSSR count). The molecule has 0 bridgehead atoms. The summed E-state index contributed by atoms with van der Waals surface area (Å²) in [5.41, 5.74) is 1.51. The first-order valence-electron chi connectivity index (χ1n) is 3.14. The Bertz CT molecular complexity index is 129. The average molecular weight is 108 g/mol. The van der Waals surface area contributed by atoms with Crippen molar-refractivity contribution >= 4 is 0 Å². The minimum absolute atomic E-state index is 0.778. The minimum Gasteiger partial charge on any atom is -0.0840 e. The van der Waals surface area contributed by atoms with Gasteiger partial charge in [0.05, 0.1) is 0 Å². The molecule has 0 aromatic heterocycles. The van der Waals surface area contributed by atoms with E-state index in [0.29, 0.717) is 0 Å². The van der Waals surface area contributed by atoms with Gasteiger partial charge in [0, 0.05) is 0 Å². The van der Waals surface area contributed by atoms with Crippen LogP contribution in [0.15, 0.2) is 23.8 Å². The molecule has 0 unspecified atom stereocenters. The molecule has 0 amide bonds. The second-order valence-corrected chi connectivity index (χ2v) is 2.48. The number of hydrogen-bond donors (Lipinski definition) is 0. The Balaban J connectivity index is 2.66. The number of rotatable bonds is 0. The lowest BCUT2D eigenvalue weighted by Crippen LogP contribution is -1.96. The highest BCUT2D eigenvalue weighted by Crippen LogP contribution is 2.17. The van der Waals surface area contributed by atoms with Gasteiger partial charge in [0.2, 0.25) is 0 Å².